The zero-order valence-electron chi connectivity index (χ0n) is 20.5. The minimum atomic E-state index is -0.278. The lowest BCUT2D eigenvalue weighted by Gasteiger charge is -2.33. The monoisotopic (exact) mass is 480 g/mol. The Labute approximate surface area is 204 Å². The Balaban J connectivity index is 1.61. The van der Waals surface area contributed by atoms with Crippen molar-refractivity contribution in [2.24, 2.45) is 0 Å². The number of aromatic nitrogens is 2. The van der Waals surface area contributed by atoms with E-state index in [1.165, 1.54) is 27.8 Å². The third-order valence-electron chi connectivity index (χ3n) is 6.79. The number of aryl methyl sites for hydroxylation is 1. The van der Waals surface area contributed by atoms with Crippen molar-refractivity contribution < 1.29 is 9.59 Å². The highest BCUT2D eigenvalue weighted by Gasteiger charge is 2.26. The average molecular weight is 481 g/mol. The molecule has 0 unspecified atom stereocenters. The van der Waals surface area contributed by atoms with E-state index < -0.39 is 0 Å². The molecule has 0 spiro atoms. The first kappa shape index (κ1) is 24.1. The molecule has 4 rings (SSSR count). The minimum absolute atomic E-state index is 0.0349. The Hall–Kier alpha value is -3.00. The van der Waals surface area contributed by atoms with Gasteiger partial charge in [-0.2, -0.15) is 0 Å². The molecule has 1 aliphatic heterocycles. The van der Waals surface area contributed by atoms with Crippen LogP contribution in [0.4, 0.5) is 5.69 Å². The predicted molar refractivity (Wildman–Crippen MR) is 137 cm³/mol. The van der Waals surface area contributed by atoms with Gasteiger partial charge in [0.05, 0.1) is 16.6 Å². The molecule has 0 radical (unpaired) electrons. The molecule has 1 fully saturated rings. The number of carbonyl (C=O) groups excluding carboxylic acids is 2. The number of anilines is 1. The Morgan fingerprint density at radius 2 is 1.91 bits per heavy atom. The van der Waals surface area contributed by atoms with Crippen LogP contribution in [-0.2, 0) is 11.3 Å². The van der Waals surface area contributed by atoms with Crippen molar-refractivity contribution in [2.75, 3.05) is 18.5 Å². The van der Waals surface area contributed by atoms with E-state index in [0.29, 0.717) is 26.6 Å². The molecular formula is C26H32N4O3S. The number of hydrogen-bond donors (Lipinski definition) is 0. The first-order valence-corrected chi connectivity index (χ1v) is 12.7. The van der Waals surface area contributed by atoms with Crippen LogP contribution in [0.3, 0.4) is 0 Å². The molecular weight excluding hydrogens is 448 g/mol. The highest BCUT2D eigenvalue weighted by Crippen LogP contribution is 2.29. The molecule has 0 N–H and O–H groups in total. The zero-order valence-corrected chi connectivity index (χ0v) is 21.3. The van der Waals surface area contributed by atoms with E-state index in [9.17, 15) is 14.4 Å². The molecule has 7 nitrogen and oxygen atoms in total. The number of hydrogen-bond acceptors (Lipinski definition) is 5. The maximum absolute atomic E-state index is 13.3. The van der Waals surface area contributed by atoms with Gasteiger partial charge in [-0.25, -0.2) is 4.98 Å². The topological polar surface area (TPSA) is 75.5 Å². The van der Waals surface area contributed by atoms with Crippen LogP contribution in [0.25, 0.3) is 10.2 Å². The fraction of sp³-hybridized carbons (Fsp3) is 0.462. The summed E-state index contributed by atoms with van der Waals surface area (Å²) in [5, 5.41) is 0.416. The minimum Gasteiger partial charge on any atom is -0.338 e. The fourth-order valence-corrected chi connectivity index (χ4v) is 5.65. The van der Waals surface area contributed by atoms with Crippen molar-refractivity contribution >= 4 is 39.1 Å². The number of carbonyl (C=O) groups is 2. The van der Waals surface area contributed by atoms with Crippen LogP contribution in [0.5, 0.6) is 0 Å². The largest absolute Gasteiger partial charge is 0.338 e. The third-order valence-corrected chi connectivity index (χ3v) is 7.98. The molecule has 3 heterocycles. The molecule has 8 heteroatoms. The van der Waals surface area contributed by atoms with Gasteiger partial charge in [0.15, 0.2) is 0 Å². The van der Waals surface area contributed by atoms with Gasteiger partial charge in [0.25, 0.3) is 11.5 Å². The molecule has 2 aromatic heterocycles. The second-order valence-electron chi connectivity index (χ2n) is 9.46. The Bertz CT molecular complexity index is 1280. The van der Waals surface area contributed by atoms with Crippen molar-refractivity contribution in [1.82, 2.24) is 14.5 Å². The first-order chi connectivity index (χ1) is 16.2. The molecule has 1 atom stereocenters. The summed E-state index contributed by atoms with van der Waals surface area (Å²) in [4.78, 5) is 48.3. The van der Waals surface area contributed by atoms with Gasteiger partial charge < -0.3 is 9.80 Å². The summed E-state index contributed by atoms with van der Waals surface area (Å²) in [6.45, 7) is 8.78. The second kappa shape index (κ2) is 9.70. The number of amides is 2. The highest BCUT2D eigenvalue weighted by molar-refractivity contribution is 7.20. The number of nitrogens with zero attached hydrogens (tertiary/aromatic N) is 4. The highest BCUT2D eigenvalue weighted by atomic mass is 32.1. The molecule has 180 valence electrons. The van der Waals surface area contributed by atoms with Gasteiger partial charge in [-0.15, -0.1) is 11.3 Å². The van der Waals surface area contributed by atoms with Gasteiger partial charge in [0, 0.05) is 25.3 Å². The summed E-state index contributed by atoms with van der Waals surface area (Å²) in [6, 6.07) is 8.12. The molecule has 2 amide bonds. The van der Waals surface area contributed by atoms with Crippen LogP contribution in [0.1, 0.15) is 66.8 Å². The van der Waals surface area contributed by atoms with Crippen molar-refractivity contribution in [3.05, 3.63) is 57.0 Å². The van der Waals surface area contributed by atoms with E-state index in [1.807, 2.05) is 29.2 Å². The van der Waals surface area contributed by atoms with Crippen molar-refractivity contribution in [3.8, 4) is 0 Å². The van der Waals surface area contributed by atoms with Crippen molar-refractivity contribution in [1.29, 1.82) is 0 Å². The number of thiophene rings is 1. The van der Waals surface area contributed by atoms with E-state index in [-0.39, 0.29) is 30.0 Å². The number of piperidine rings is 1. The summed E-state index contributed by atoms with van der Waals surface area (Å²) in [6.07, 6.45) is 4.53. The molecule has 1 aromatic carbocycles. The van der Waals surface area contributed by atoms with Gasteiger partial charge >= 0.3 is 0 Å². The van der Waals surface area contributed by atoms with Gasteiger partial charge in [-0.05, 0) is 62.3 Å². The quantitative estimate of drug-likeness (QED) is 0.536. The maximum atomic E-state index is 13.3. The number of fused-ring (bicyclic) bond motifs is 1. The summed E-state index contributed by atoms with van der Waals surface area (Å²) < 4.78 is 1.37. The maximum Gasteiger partial charge on any atom is 0.268 e. The molecule has 3 aromatic rings. The number of rotatable bonds is 5. The number of likely N-dealkylation sites (tertiary alicyclic amines) is 1. The Morgan fingerprint density at radius 3 is 2.56 bits per heavy atom. The predicted octanol–water partition coefficient (Wildman–Crippen LogP) is 4.57. The lowest BCUT2D eigenvalue weighted by Crippen LogP contribution is -2.44. The number of benzene rings is 1. The SMILES string of the molecule is Cc1c(C(=O)N(C)c2ccc(C(C)C)cc2)sc2ncn(CC(=O)N3CCCC[C@H]3C)c(=O)c12. The summed E-state index contributed by atoms with van der Waals surface area (Å²) in [7, 11) is 1.74. The molecule has 1 aliphatic rings. The average Bonchev–Trinajstić information content (AvgIpc) is 3.17. The second-order valence-corrected chi connectivity index (χ2v) is 10.5. The van der Waals surface area contributed by atoms with Crippen LogP contribution in [0, 0.1) is 6.92 Å². The van der Waals surface area contributed by atoms with Crippen molar-refractivity contribution in [3.63, 3.8) is 0 Å². The van der Waals surface area contributed by atoms with E-state index in [2.05, 4.69) is 25.8 Å². The third kappa shape index (κ3) is 4.51. The normalized spacial score (nSPS) is 16.3. The molecule has 0 saturated carbocycles. The van der Waals surface area contributed by atoms with Crippen LogP contribution >= 0.6 is 11.3 Å². The van der Waals surface area contributed by atoms with Gasteiger partial charge in [0.1, 0.15) is 11.4 Å². The first-order valence-electron chi connectivity index (χ1n) is 11.8. The van der Waals surface area contributed by atoms with E-state index in [1.54, 1.807) is 18.9 Å². The molecule has 34 heavy (non-hydrogen) atoms. The zero-order chi connectivity index (χ0) is 24.6. The molecule has 1 saturated heterocycles. The van der Waals surface area contributed by atoms with Crippen molar-refractivity contribution in [2.45, 2.75) is 65.5 Å². The van der Waals surface area contributed by atoms with Crippen LogP contribution in [0.15, 0.2) is 35.4 Å². The summed E-state index contributed by atoms with van der Waals surface area (Å²) >= 11 is 1.22. The smallest absolute Gasteiger partial charge is 0.268 e. The van der Waals surface area contributed by atoms with Gasteiger partial charge in [0.2, 0.25) is 5.91 Å². The molecule has 0 bridgehead atoms. The summed E-state index contributed by atoms with van der Waals surface area (Å²) in [5.41, 5.74) is 2.33. The van der Waals surface area contributed by atoms with Crippen LogP contribution in [-0.4, -0.2) is 45.9 Å². The summed E-state index contributed by atoms with van der Waals surface area (Å²) in [5.74, 6) is 0.171. The van der Waals surface area contributed by atoms with Crippen LogP contribution in [0.2, 0.25) is 0 Å². The Kier molecular flexibility index (Phi) is 6.89. The fourth-order valence-electron chi connectivity index (χ4n) is 4.53. The van der Waals surface area contributed by atoms with Gasteiger partial charge in [-0.3, -0.25) is 19.0 Å². The van der Waals surface area contributed by atoms with E-state index in [4.69, 9.17) is 0 Å². The van der Waals surface area contributed by atoms with E-state index in [0.717, 1.165) is 31.5 Å². The van der Waals surface area contributed by atoms with E-state index >= 15 is 0 Å². The standard InChI is InChI=1S/C26H32N4O3S/c1-16(2)19-9-11-20(12-10-19)28(5)26(33)23-18(4)22-24(34-23)27-15-29(25(22)32)14-21(31)30-13-7-6-8-17(30)3/h9-12,15-17H,6-8,13-14H2,1-5H3/t17-/m1/s1. The lowest BCUT2D eigenvalue weighted by molar-refractivity contribution is -0.135. The Morgan fingerprint density at radius 1 is 1.21 bits per heavy atom. The molecule has 0 aliphatic carbocycles. The van der Waals surface area contributed by atoms with Gasteiger partial charge in [-0.1, -0.05) is 26.0 Å². The lowest BCUT2D eigenvalue weighted by atomic mass is 10.0. The van der Waals surface area contributed by atoms with Crippen LogP contribution < -0.4 is 10.5 Å².